The standard InChI is InChI=1S/C19H25N3O3.2C2HF3O2/c1-15-11-16(21-25-15)12-22-9-6-17-19(13-22,7-4-10-23-17)14-24-18-5-2-3-8-20-18;2*3-2(4,5)1(6)7/h2-3,5,8,11,17H,4,6-7,9-10,12-14H2,1H3;2*(H,6,7). The van der Waals surface area contributed by atoms with Crippen LogP contribution in [-0.2, 0) is 20.9 Å². The number of aryl methyl sites for hydroxylation is 1. The van der Waals surface area contributed by atoms with Crippen LogP contribution in [0.4, 0.5) is 26.3 Å². The highest BCUT2D eigenvalue weighted by Gasteiger charge is 2.47. The minimum absolute atomic E-state index is 0.0206. The molecule has 2 aliphatic rings. The molecule has 2 saturated heterocycles. The SMILES string of the molecule is Cc1cc(CN2CCC3OCCCC3(COc3ccccn3)C2)no1.O=C(O)C(F)(F)F.O=C(O)C(F)(F)F. The van der Waals surface area contributed by atoms with Crippen molar-refractivity contribution >= 4 is 11.9 Å². The fraction of sp³-hybridized carbons (Fsp3) is 0.565. The number of carbonyl (C=O) groups is 2. The summed E-state index contributed by atoms with van der Waals surface area (Å²) in [6.45, 7) is 6.22. The van der Waals surface area contributed by atoms with Gasteiger partial charge in [-0.15, -0.1) is 0 Å². The first-order valence-electron chi connectivity index (χ1n) is 11.5. The number of hydrogen-bond donors (Lipinski definition) is 2. The number of aromatic nitrogens is 2. The van der Waals surface area contributed by atoms with Crippen LogP contribution in [-0.4, -0.2) is 82.0 Å². The molecule has 2 aliphatic heterocycles. The molecular weight excluding hydrogens is 544 g/mol. The lowest BCUT2D eigenvalue weighted by Crippen LogP contribution is -2.57. The molecule has 0 aromatic carbocycles. The van der Waals surface area contributed by atoms with Gasteiger partial charge in [-0.2, -0.15) is 26.3 Å². The number of piperidine rings is 1. The minimum atomic E-state index is -5.08. The number of carboxylic acids is 2. The molecule has 2 atom stereocenters. The van der Waals surface area contributed by atoms with Gasteiger partial charge in [0, 0.05) is 50.0 Å². The fourth-order valence-electron chi connectivity index (χ4n) is 4.10. The van der Waals surface area contributed by atoms with Crippen LogP contribution in [0.5, 0.6) is 5.88 Å². The largest absolute Gasteiger partial charge is 0.490 e. The van der Waals surface area contributed by atoms with Crippen molar-refractivity contribution < 1.29 is 60.1 Å². The Hall–Kier alpha value is -3.40. The van der Waals surface area contributed by atoms with Gasteiger partial charge in [0.05, 0.1) is 18.4 Å². The predicted octanol–water partition coefficient (Wildman–Crippen LogP) is 4.09. The average molecular weight is 571 g/mol. The normalized spacial score (nSPS) is 21.4. The van der Waals surface area contributed by atoms with Gasteiger partial charge in [0.2, 0.25) is 5.88 Å². The van der Waals surface area contributed by atoms with E-state index in [1.54, 1.807) is 6.20 Å². The third-order valence-electron chi connectivity index (χ3n) is 5.76. The number of halogens is 6. The van der Waals surface area contributed by atoms with Gasteiger partial charge in [0.1, 0.15) is 5.76 Å². The molecule has 4 rings (SSSR count). The highest BCUT2D eigenvalue weighted by Crippen LogP contribution is 2.41. The van der Waals surface area contributed by atoms with Gasteiger partial charge in [0.15, 0.2) is 0 Å². The number of alkyl halides is 6. The fourth-order valence-corrected chi connectivity index (χ4v) is 4.10. The van der Waals surface area contributed by atoms with E-state index >= 15 is 0 Å². The van der Waals surface area contributed by atoms with Crippen LogP contribution in [0.1, 0.15) is 30.7 Å². The van der Waals surface area contributed by atoms with Crippen LogP contribution in [0, 0.1) is 12.3 Å². The van der Waals surface area contributed by atoms with Crippen molar-refractivity contribution in [2.75, 3.05) is 26.3 Å². The van der Waals surface area contributed by atoms with Crippen molar-refractivity contribution in [3.05, 3.63) is 41.9 Å². The minimum Gasteiger partial charge on any atom is -0.477 e. The maximum absolute atomic E-state index is 10.6. The number of carboxylic acid groups (broad SMARTS) is 2. The second-order valence-electron chi connectivity index (χ2n) is 8.82. The van der Waals surface area contributed by atoms with Crippen LogP contribution in [0.3, 0.4) is 0 Å². The molecule has 10 nitrogen and oxygen atoms in total. The molecule has 218 valence electrons. The number of aliphatic carboxylic acids is 2. The molecule has 0 aliphatic carbocycles. The van der Waals surface area contributed by atoms with E-state index in [2.05, 4.69) is 15.0 Å². The smallest absolute Gasteiger partial charge is 0.477 e. The van der Waals surface area contributed by atoms with Crippen molar-refractivity contribution in [2.24, 2.45) is 5.41 Å². The Labute approximate surface area is 218 Å². The van der Waals surface area contributed by atoms with Gasteiger partial charge >= 0.3 is 24.3 Å². The Morgan fingerprint density at radius 2 is 1.79 bits per heavy atom. The van der Waals surface area contributed by atoms with Crippen LogP contribution in [0.2, 0.25) is 0 Å². The quantitative estimate of drug-likeness (QED) is 0.505. The number of rotatable bonds is 5. The van der Waals surface area contributed by atoms with Gasteiger partial charge in [-0.1, -0.05) is 11.2 Å². The first kappa shape index (κ1) is 31.8. The monoisotopic (exact) mass is 571 g/mol. The molecule has 0 spiro atoms. The third-order valence-corrected chi connectivity index (χ3v) is 5.76. The van der Waals surface area contributed by atoms with Gasteiger partial charge in [0.25, 0.3) is 0 Å². The molecule has 4 heterocycles. The molecule has 2 aromatic heterocycles. The number of pyridine rings is 1. The van der Waals surface area contributed by atoms with Crippen LogP contribution < -0.4 is 4.74 Å². The summed E-state index contributed by atoms with van der Waals surface area (Å²) in [5, 5.41) is 18.4. The summed E-state index contributed by atoms with van der Waals surface area (Å²) in [6, 6.07) is 7.78. The molecular formula is C23H27F6N3O7. The first-order chi connectivity index (χ1) is 18.1. The Balaban J connectivity index is 0.000000317. The molecule has 0 radical (unpaired) electrons. The molecule has 39 heavy (non-hydrogen) atoms. The van der Waals surface area contributed by atoms with Crippen molar-refractivity contribution in [1.29, 1.82) is 0 Å². The number of ether oxygens (including phenoxy) is 2. The van der Waals surface area contributed by atoms with E-state index in [0.29, 0.717) is 12.5 Å². The molecule has 16 heteroatoms. The van der Waals surface area contributed by atoms with E-state index in [9.17, 15) is 26.3 Å². The van der Waals surface area contributed by atoms with Crippen molar-refractivity contribution in [3.63, 3.8) is 0 Å². The summed E-state index contributed by atoms with van der Waals surface area (Å²) in [5.41, 5.74) is 1.01. The Kier molecular flexibility index (Phi) is 11.1. The lowest BCUT2D eigenvalue weighted by atomic mass is 9.73. The molecule has 2 unspecified atom stereocenters. The third kappa shape index (κ3) is 10.4. The van der Waals surface area contributed by atoms with Crippen LogP contribution >= 0.6 is 0 Å². The van der Waals surface area contributed by atoms with Crippen LogP contribution in [0.15, 0.2) is 35.0 Å². The Morgan fingerprint density at radius 3 is 2.31 bits per heavy atom. The zero-order valence-electron chi connectivity index (χ0n) is 20.7. The molecule has 2 N–H and O–H groups in total. The molecule has 2 aromatic rings. The lowest BCUT2D eigenvalue weighted by Gasteiger charge is -2.50. The summed E-state index contributed by atoms with van der Waals surface area (Å²) in [7, 11) is 0. The topological polar surface area (TPSA) is 135 Å². The molecule has 0 bridgehead atoms. The summed E-state index contributed by atoms with van der Waals surface area (Å²) >= 11 is 0. The van der Waals surface area contributed by atoms with Crippen molar-refractivity contribution in [3.8, 4) is 5.88 Å². The summed E-state index contributed by atoms with van der Waals surface area (Å²) in [4.78, 5) is 24.5. The van der Waals surface area contributed by atoms with Gasteiger partial charge < -0.3 is 24.2 Å². The molecule has 2 fully saturated rings. The van der Waals surface area contributed by atoms with E-state index in [4.69, 9.17) is 33.8 Å². The molecule has 0 amide bonds. The number of hydrogen-bond acceptors (Lipinski definition) is 8. The Morgan fingerprint density at radius 1 is 1.15 bits per heavy atom. The van der Waals surface area contributed by atoms with E-state index in [-0.39, 0.29) is 11.5 Å². The second-order valence-corrected chi connectivity index (χ2v) is 8.82. The van der Waals surface area contributed by atoms with Crippen LogP contribution in [0.25, 0.3) is 0 Å². The van der Waals surface area contributed by atoms with E-state index in [1.165, 1.54) is 0 Å². The van der Waals surface area contributed by atoms with E-state index in [0.717, 1.165) is 57.0 Å². The maximum Gasteiger partial charge on any atom is 0.490 e. The zero-order valence-corrected chi connectivity index (χ0v) is 20.7. The highest BCUT2D eigenvalue weighted by molar-refractivity contribution is 5.73. The van der Waals surface area contributed by atoms with Gasteiger partial charge in [-0.05, 0) is 32.3 Å². The van der Waals surface area contributed by atoms with Crippen molar-refractivity contribution in [2.45, 2.75) is 51.2 Å². The highest BCUT2D eigenvalue weighted by atomic mass is 19.4. The van der Waals surface area contributed by atoms with Gasteiger partial charge in [-0.3, -0.25) is 4.90 Å². The summed E-state index contributed by atoms with van der Waals surface area (Å²) < 4.78 is 80.9. The average Bonchev–Trinajstić information content (AvgIpc) is 3.27. The van der Waals surface area contributed by atoms with Gasteiger partial charge in [-0.25, -0.2) is 14.6 Å². The predicted molar refractivity (Wildman–Crippen MR) is 120 cm³/mol. The maximum atomic E-state index is 10.6. The number of nitrogens with zero attached hydrogens (tertiary/aromatic N) is 3. The number of fused-ring (bicyclic) bond motifs is 1. The summed E-state index contributed by atoms with van der Waals surface area (Å²) in [5.74, 6) is -3.97. The Bertz CT molecular complexity index is 1040. The molecule has 0 saturated carbocycles. The van der Waals surface area contributed by atoms with E-state index < -0.39 is 24.3 Å². The van der Waals surface area contributed by atoms with E-state index in [1.807, 2.05) is 31.2 Å². The summed E-state index contributed by atoms with van der Waals surface area (Å²) in [6.07, 6.45) is -4.90. The zero-order chi connectivity index (χ0) is 29.3. The first-order valence-corrected chi connectivity index (χ1v) is 11.5. The second kappa shape index (κ2) is 13.6. The lowest BCUT2D eigenvalue weighted by molar-refractivity contribution is -0.193. The van der Waals surface area contributed by atoms with Crippen molar-refractivity contribution in [1.82, 2.24) is 15.0 Å². The number of likely N-dealkylation sites (tertiary alicyclic amines) is 1.